The Labute approximate surface area is 156 Å². The van der Waals surface area contributed by atoms with Gasteiger partial charge < -0.3 is 10.2 Å². The summed E-state index contributed by atoms with van der Waals surface area (Å²) in [5.74, 6) is 0.697. The van der Waals surface area contributed by atoms with Gasteiger partial charge in [0.15, 0.2) is 11.5 Å². The lowest BCUT2D eigenvalue weighted by atomic mass is 10.2. The molecule has 1 saturated heterocycles. The summed E-state index contributed by atoms with van der Waals surface area (Å²) in [7, 11) is 0. The molecule has 0 bridgehead atoms. The Balaban J connectivity index is 1.58. The fourth-order valence-electron chi connectivity index (χ4n) is 3.28. The predicted molar refractivity (Wildman–Crippen MR) is 102 cm³/mol. The second kappa shape index (κ2) is 6.96. The maximum absolute atomic E-state index is 12.5. The Morgan fingerprint density at radius 1 is 1.27 bits per heavy atom. The molecule has 3 aromatic rings. The molecule has 1 amide bonds. The lowest BCUT2D eigenvalue weighted by molar-refractivity contribution is 0.0945. The van der Waals surface area contributed by atoms with E-state index in [1.165, 1.54) is 12.8 Å². The highest BCUT2D eigenvalue weighted by Gasteiger charge is 2.20. The highest BCUT2D eigenvalue weighted by molar-refractivity contribution is 6.30. The van der Waals surface area contributed by atoms with Crippen molar-refractivity contribution < 1.29 is 4.79 Å². The highest BCUT2D eigenvalue weighted by atomic mass is 35.5. The maximum Gasteiger partial charge on any atom is 0.272 e. The number of rotatable bonds is 4. The molecule has 1 N–H and O–H groups in total. The summed E-state index contributed by atoms with van der Waals surface area (Å²) in [5, 5.41) is 8.00. The van der Waals surface area contributed by atoms with Gasteiger partial charge in [-0.25, -0.2) is 9.50 Å². The van der Waals surface area contributed by atoms with E-state index in [4.69, 9.17) is 11.6 Å². The van der Waals surface area contributed by atoms with Crippen molar-refractivity contribution in [2.45, 2.75) is 26.3 Å². The molecule has 4 rings (SSSR count). The normalized spacial score (nSPS) is 14.2. The third-order valence-electron chi connectivity index (χ3n) is 4.54. The van der Waals surface area contributed by atoms with Gasteiger partial charge >= 0.3 is 0 Å². The van der Waals surface area contributed by atoms with Crippen LogP contribution in [0.4, 0.5) is 5.82 Å². The fourth-order valence-corrected chi connectivity index (χ4v) is 3.50. The molecule has 26 heavy (non-hydrogen) atoms. The summed E-state index contributed by atoms with van der Waals surface area (Å²) in [6, 6.07) is 9.25. The molecule has 1 aliphatic rings. The number of hydrogen-bond acceptors (Lipinski definition) is 4. The molecule has 0 radical (unpaired) electrons. The number of nitrogens with one attached hydrogen (secondary N) is 1. The first-order valence-corrected chi connectivity index (χ1v) is 9.12. The van der Waals surface area contributed by atoms with Crippen LogP contribution in [0.2, 0.25) is 5.02 Å². The van der Waals surface area contributed by atoms with E-state index >= 15 is 0 Å². The molecule has 1 aliphatic heterocycles. The van der Waals surface area contributed by atoms with Gasteiger partial charge in [-0.15, -0.1) is 0 Å². The number of carbonyl (C=O) groups excluding carboxylic acids is 1. The molecule has 0 spiro atoms. The van der Waals surface area contributed by atoms with E-state index in [0.29, 0.717) is 17.3 Å². The number of benzene rings is 1. The summed E-state index contributed by atoms with van der Waals surface area (Å²) in [6.07, 6.45) is 4.19. The van der Waals surface area contributed by atoms with Crippen molar-refractivity contribution in [2.75, 3.05) is 18.0 Å². The van der Waals surface area contributed by atoms with Crippen LogP contribution in [0.3, 0.4) is 0 Å². The lowest BCUT2D eigenvalue weighted by Crippen LogP contribution is -2.23. The average Bonchev–Trinajstić information content (AvgIpc) is 3.28. The van der Waals surface area contributed by atoms with Gasteiger partial charge in [0.05, 0.1) is 11.9 Å². The molecule has 0 aliphatic carbocycles. The molecule has 3 heterocycles. The molecule has 0 unspecified atom stereocenters. The summed E-state index contributed by atoms with van der Waals surface area (Å²) >= 11 is 5.99. The zero-order valence-electron chi connectivity index (χ0n) is 14.6. The molecule has 0 atom stereocenters. The van der Waals surface area contributed by atoms with Crippen LogP contribution < -0.4 is 10.2 Å². The van der Waals surface area contributed by atoms with Crippen molar-refractivity contribution in [3.05, 3.63) is 58.5 Å². The molecular weight excluding hydrogens is 350 g/mol. The predicted octanol–water partition coefficient (Wildman–Crippen LogP) is 3.22. The van der Waals surface area contributed by atoms with Crippen LogP contribution in [0.5, 0.6) is 0 Å². The Bertz CT molecular complexity index is 962. The Morgan fingerprint density at radius 2 is 2.08 bits per heavy atom. The van der Waals surface area contributed by atoms with Gasteiger partial charge in [0.2, 0.25) is 0 Å². The van der Waals surface area contributed by atoms with Gasteiger partial charge in [-0.2, -0.15) is 5.10 Å². The number of aryl methyl sites for hydroxylation is 1. The number of amides is 1. The van der Waals surface area contributed by atoms with Gasteiger partial charge in [0, 0.05) is 30.7 Å². The third kappa shape index (κ3) is 3.37. The second-order valence-electron chi connectivity index (χ2n) is 6.57. The number of aromatic nitrogens is 3. The number of nitrogens with zero attached hydrogens (tertiary/aromatic N) is 4. The zero-order valence-corrected chi connectivity index (χ0v) is 15.3. The standard InChI is InChI=1S/C19H20ClN5O/c1-13-12-25-17(18(22-13)24-7-2-3-8-24)10-16(23-25)19(26)21-11-14-5-4-6-15(20)9-14/h4-6,9-10,12H,2-3,7-8,11H2,1H3,(H,21,26). The van der Waals surface area contributed by atoms with E-state index in [2.05, 4.69) is 20.3 Å². The van der Waals surface area contributed by atoms with Crippen LogP contribution in [0.1, 0.15) is 34.6 Å². The maximum atomic E-state index is 12.5. The van der Waals surface area contributed by atoms with E-state index in [9.17, 15) is 4.79 Å². The van der Waals surface area contributed by atoms with E-state index < -0.39 is 0 Å². The van der Waals surface area contributed by atoms with Crippen molar-refractivity contribution in [1.29, 1.82) is 0 Å². The van der Waals surface area contributed by atoms with Gasteiger partial charge in [-0.05, 0) is 37.5 Å². The number of carbonyl (C=O) groups is 1. The zero-order chi connectivity index (χ0) is 18.1. The summed E-state index contributed by atoms with van der Waals surface area (Å²) in [5.41, 5.74) is 3.09. The van der Waals surface area contributed by atoms with E-state index in [1.54, 1.807) is 4.52 Å². The van der Waals surface area contributed by atoms with E-state index in [0.717, 1.165) is 35.7 Å². The minimum absolute atomic E-state index is 0.210. The fraction of sp³-hybridized carbons (Fsp3) is 0.316. The first kappa shape index (κ1) is 16.8. The monoisotopic (exact) mass is 369 g/mol. The van der Waals surface area contributed by atoms with Gasteiger partial charge in [0.25, 0.3) is 5.91 Å². The van der Waals surface area contributed by atoms with Crippen LogP contribution >= 0.6 is 11.6 Å². The molecule has 0 saturated carbocycles. The Morgan fingerprint density at radius 3 is 2.85 bits per heavy atom. The van der Waals surface area contributed by atoms with Crippen LogP contribution in [0, 0.1) is 6.92 Å². The average molecular weight is 370 g/mol. The molecule has 7 heteroatoms. The first-order chi connectivity index (χ1) is 12.6. The molecule has 134 valence electrons. The largest absolute Gasteiger partial charge is 0.355 e. The van der Waals surface area contributed by atoms with Crippen molar-refractivity contribution >= 4 is 28.8 Å². The molecule has 6 nitrogen and oxygen atoms in total. The number of hydrogen-bond donors (Lipinski definition) is 1. The smallest absolute Gasteiger partial charge is 0.272 e. The molecule has 2 aromatic heterocycles. The van der Waals surface area contributed by atoms with Crippen molar-refractivity contribution in [3.63, 3.8) is 0 Å². The number of anilines is 1. The number of halogens is 1. The Hall–Kier alpha value is -2.60. The first-order valence-electron chi connectivity index (χ1n) is 8.75. The van der Waals surface area contributed by atoms with Crippen molar-refractivity contribution in [2.24, 2.45) is 0 Å². The van der Waals surface area contributed by atoms with Gasteiger partial charge in [-0.1, -0.05) is 23.7 Å². The van der Waals surface area contributed by atoms with Crippen LogP contribution in [-0.2, 0) is 6.54 Å². The quantitative estimate of drug-likeness (QED) is 0.767. The third-order valence-corrected chi connectivity index (χ3v) is 4.77. The van der Waals surface area contributed by atoms with Crippen LogP contribution in [-0.4, -0.2) is 33.6 Å². The minimum atomic E-state index is -0.210. The topological polar surface area (TPSA) is 62.5 Å². The van der Waals surface area contributed by atoms with Crippen LogP contribution in [0.25, 0.3) is 5.52 Å². The number of fused-ring (bicyclic) bond motifs is 1. The van der Waals surface area contributed by atoms with Crippen LogP contribution in [0.15, 0.2) is 36.5 Å². The van der Waals surface area contributed by atoms with Crippen molar-refractivity contribution in [1.82, 2.24) is 19.9 Å². The van der Waals surface area contributed by atoms with Gasteiger partial charge in [-0.3, -0.25) is 4.79 Å². The SMILES string of the molecule is Cc1cn2nc(C(=O)NCc3cccc(Cl)c3)cc2c(N2CCCC2)n1. The molecule has 1 fully saturated rings. The van der Waals surface area contributed by atoms with Crippen molar-refractivity contribution in [3.8, 4) is 0 Å². The molecule has 1 aromatic carbocycles. The van der Waals surface area contributed by atoms with E-state index in [-0.39, 0.29) is 5.91 Å². The lowest BCUT2D eigenvalue weighted by Gasteiger charge is -2.17. The molecular formula is C19H20ClN5O. The minimum Gasteiger partial charge on any atom is -0.355 e. The summed E-state index contributed by atoms with van der Waals surface area (Å²) in [4.78, 5) is 19.5. The highest BCUT2D eigenvalue weighted by Crippen LogP contribution is 2.24. The second-order valence-corrected chi connectivity index (χ2v) is 7.01. The summed E-state index contributed by atoms with van der Waals surface area (Å²) < 4.78 is 1.75. The Kier molecular flexibility index (Phi) is 4.51. The van der Waals surface area contributed by atoms with E-state index in [1.807, 2.05) is 43.5 Å². The van der Waals surface area contributed by atoms with Gasteiger partial charge in [0.1, 0.15) is 5.52 Å². The summed E-state index contributed by atoms with van der Waals surface area (Å²) in [6.45, 7) is 4.34.